The highest BCUT2D eigenvalue weighted by Gasteiger charge is 2.10. The van der Waals surface area contributed by atoms with E-state index >= 15 is 0 Å². The highest BCUT2D eigenvalue weighted by Crippen LogP contribution is 2.15. The van der Waals surface area contributed by atoms with Crippen LogP contribution in [0.15, 0.2) is 30.5 Å². The van der Waals surface area contributed by atoms with Crippen LogP contribution in [0.1, 0.15) is 29.8 Å². The van der Waals surface area contributed by atoms with E-state index in [0.717, 1.165) is 12.5 Å². The zero-order valence-corrected chi connectivity index (χ0v) is 13.0. The number of nitrogens with one attached hydrogen (secondary N) is 1. The lowest BCUT2D eigenvalue weighted by Gasteiger charge is -2.16. The molecule has 0 saturated heterocycles. The molecule has 4 nitrogen and oxygen atoms in total. The van der Waals surface area contributed by atoms with E-state index in [9.17, 15) is 0 Å². The third-order valence-electron chi connectivity index (χ3n) is 3.63. The van der Waals surface area contributed by atoms with Gasteiger partial charge in [-0.2, -0.15) is 0 Å². The van der Waals surface area contributed by atoms with E-state index in [2.05, 4.69) is 60.0 Å². The fraction of sp³-hybridized carbons (Fsp3) is 0.438. The second kappa shape index (κ2) is 6.09. The van der Waals surface area contributed by atoms with Crippen LogP contribution in [0.25, 0.3) is 0 Å². The molecule has 1 atom stereocenters. The van der Waals surface area contributed by atoms with Gasteiger partial charge in [-0.3, -0.25) is 0 Å². The number of benzene rings is 1. The summed E-state index contributed by atoms with van der Waals surface area (Å²) in [6, 6.07) is 9.00. The van der Waals surface area contributed by atoms with E-state index in [-0.39, 0.29) is 0 Å². The van der Waals surface area contributed by atoms with E-state index < -0.39 is 0 Å². The molecule has 108 valence electrons. The molecule has 2 rings (SSSR count). The lowest BCUT2D eigenvalue weighted by Crippen LogP contribution is -2.20. The van der Waals surface area contributed by atoms with Gasteiger partial charge in [-0.05, 0) is 19.4 Å². The Morgan fingerprint density at radius 2 is 1.90 bits per heavy atom. The molecule has 0 aliphatic rings. The number of hydrogen-bond acceptors (Lipinski definition) is 3. The van der Waals surface area contributed by atoms with E-state index in [4.69, 9.17) is 0 Å². The second-order valence-electron chi connectivity index (χ2n) is 5.52. The highest BCUT2D eigenvalue weighted by atomic mass is 15.3. The van der Waals surface area contributed by atoms with Gasteiger partial charge in [0.25, 0.3) is 0 Å². The van der Waals surface area contributed by atoms with Gasteiger partial charge in [-0.25, -0.2) is 4.98 Å². The van der Waals surface area contributed by atoms with Crippen LogP contribution < -0.4 is 10.2 Å². The van der Waals surface area contributed by atoms with Gasteiger partial charge in [0.05, 0.1) is 11.9 Å². The van der Waals surface area contributed by atoms with E-state index in [1.165, 1.54) is 16.8 Å². The molecule has 0 aliphatic heterocycles. The predicted octanol–water partition coefficient (Wildman–Crippen LogP) is 2.65. The van der Waals surface area contributed by atoms with Crippen molar-refractivity contribution >= 4 is 5.95 Å². The summed E-state index contributed by atoms with van der Waals surface area (Å²) < 4.78 is 2.12. The molecule has 0 bridgehead atoms. The average molecular weight is 272 g/mol. The number of anilines is 1. The Kier molecular flexibility index (Phi) is 4.45. The summed E-state index contributed by atoms with van der Waals surface area (Å²) in [7, 11) is 6.07. The van der Waals surface area contributed by atoms with Crippen molar-refractivity contribution in [3.05, 3.63) is 47.3 Å². The summed E-state index contributed by atoms with van der Waals surface area (Å²) >= 11 is 0. The summed E-state index contributed by atoms with van der Waals surface area (Å²) in [4.78, 5) is 6.45. The van der Waals surface area contributed by atoms with E-state index in [1.807, 2.05) is 25.2 Å². The number of rotatable bonds is 5. The topological polar surface area (TPSA) is 33.1 Å². The van der Waals surface area contributed by atoms with Gasteiger partial charge in [0.1, 0.15) is 0 Å². The van der Waals surface area contributed by atoms with Gasteiger partial charge >= 0.3 is 0 Å². The summed E-state index contributed by atoms with van der Waals surface area (Å²) in [5.41, 5.74) is 3.79. The quantitative estimate of drug-likeness (QED) is 0.908. The number of hydrogen-bond donors (Lipinski definition) is 1. The Morgan fingerprint density at radius 1 is 1.25 bits per heavy atom. The van der Waals surface area contributed by atoms with Gasteiger partial charge < -0.3 is 14.8 Å². The Morgan fingerprint density at radius 3 is 2.45 bits per heavy atom. The SMILES string of the molecule is Cc1ccc([C@@H](C)NCc2cnc(N(C)C)n2C)cc1. The van der Waals surface area contributed by atoms with Crippen molar-refractivity contribution in [1.29, 1.82) is 0 Å². The summed E-state index contributed by atoms with van der Waals surface area (Å²) in [6.07, 6.45) is 1.93. The average Bonchev–Trinajstić information content (AvgIpc) is 2.78. The third kappa shape index (κ3) is 3.20. The summed E-state index contributed by atoms with van der Waals surface area (Å²) in [6.45, 7) is 5.11. The van der Waals surface area contributed by atoms with Gasteiger partial charge in [0.2, 0.25) is 5.95 Å². The van der Waals surface area contributed by atoms with Crippen molar-refractivity contribution in [2.75, 3.05) is 19.0 Å². The fourth-order valence-corrected chi connectivity index (χ4v) is 2.24. The minimum Gasteiger partial charge on any atom is -0.348 e. The van der Waals surface area contributed by atoms with Crippen LogP contribution in [0.3, 0.4) is 0 Å². The largest absolute Gasteiger partial charge is 0.348 e. The predicted molar refractivity (Wildman–Crippen MR) is 84.0 cm³/mol. The highest BCUT2D eigenvalue weighted by molar-refractivity contribution is 5.31. The van der Waals surface area contributed by atoms with Crippen LogP contribution in [0.5, 0.6) is 0 Å². The molecule has 1 N–H and O–H groups in total. The van der Waals surface area contributed by atoms with Crippen molar-refractivity contribution < 1.29 is 0 Å². The smallest absolute Gasteiger partial charge is 0.204 e. The first kappa shape index (κ1) is 14.6. The van der Waals surface area contributed by atoms with Gasteiger partial charge in [0, 0.05) is 33.7 Å². The minimum absolute atomic E-state index is 0.327. The normalized spacial score (nSPS) is 12.4. The van der Waals surface area contributed by atoms with E-state index in [0.29, 0.717) is 6.04 Å². The molecule has 0 aliphatic carbocycles. The fourth-order valence-electron chi connectivity index (χ4n) is 2.24. The summed E-state index contributed by atoms with van der Waals surface area (Å²) in [5.74, 6) is 0.977. The maximum absolute atomic E-state index is 4.43. The van der Waals surface area contributed by atoms with Crippen molar-refractivity contribution in [3.8, 4) is 0 Å². The monoisotopic (exact) mass is 272 g/mol. The van der Waals surface area contributed by atoms with Crippen LogP contribution in [0, 0.1) is 6.92 Å². The summed E-state index contributed by atoms with van der Waals surface area (Å²) in [5, 5.41) is 3.55. The molecule has 4 heteroatoms. The van der Waals surface area contributed by atoms with Crippen molar-refractivity contribution in [2.45, 2.75) is 26.4 Å². The lowest BCUT2D eigenvalue weighted by molar-refractivity contribution is 0.558. The molecule has 0 fully saturated rings. The third-order valence-corrected chi connectivity index (χ3v) is 3.63. The molecule has 1 aromatic carbocycles. The van der Waals surface area contributed by atoms with Crippen LogP contribution in [0.2, 0.25) is 0 Å². The Balaban J connectivity index is 2.00. The molecule has 2 aromatic rings. The molecule has 0 unspecified atom stereocenters. The Bertz CT molecular complexity index is 554. The molecular formula is C16H24N4. The molecule has 0 spiro atoms. The number of nitrogens with zero attached hydrogens (tertiary/aromatic N) is 3. The van der Waals surface area contributed by atoms with Gasteiger partial charge in [-0.1, -0.05) is 29.8 Å². The standard InChI is InChI=1S/C16H24N4/c1-12-6-8-14(9-7-12)13(2)17-10-15-11-18-16(19(3)4)20(15)5/h6-9,11,13,17H,10H2,1-5H3/t13-/m1/s1. The first-order chi connectivity index (χ1) is 9.49. The lowest BCUT2D eigenvalue weighted by atomic mass is 10.1. The minimum atomic E-state index is 0.327. The van der Waals surface area contributed by atoms with Crippen LogP contribution in [0.4, 0.5) is 5.95 Å². The van der Waals surface area contributed by atoms with Crippen LogP contribution in [-0.4, -0.2) is 23.6 Å². The van der Waals surface area contributed by atoms with Crippen molar-refractivity contribution in [3.63, 3.8) is 0 Å². The maximum atomic E-state index is 4.43. The molecule has 0 radical (unpaired) electrons. The molecule has 1 heterocycles. The zero-order valence-electron chi connectivity index (χ0n) is 13.0. The molecule has 1 aromatic heterocycles. The van der Waals surface area contributed by atoms with Gasteiger partial charge in [0.15, 0.2) is 0 Å². The van der Waals surface area contributed by atoms with Gasteiger partial charge in [-0.15, -0.1) is 0 Å². The molecule has 20 heavy (non-hydrogen) atoms. The number of aromatic nitrogens is 2. The first-order valence-corrected chi connectivity index (χ1v) is 6.97. The molecule has 0 amide bonds. The van der Waals surface area contributed by atoms with Crippen LogP contribution in [-0.2, 0) is 13.6 Å². The van der Waals surface area contributed by atoms with Crippen molar-refractivity contribution in [2.24, 2.45) is 7.05 Å². The number of imidazole rings is 1. The number of aryl methyl sites for hydroxylation is 1. The Hall–Kier alpha value is -1.81. The first-order valence-electron chi connectivity index (χ1n) is 6.97. The molecular weight excluding hydrogens is 248 g/mol. The van der Waals surface area contributed by atoms with Crippen molar-refractivity contribution in [1.82, 2.24) is 14.9 Å². The Labute approximate surface area is 121 Å². The molecule has 0 saturated carbocycles. The zero-order chi connectivity index (χ0) is 14.7. The van der Waals surface area contributed by atoms with Crippen LogP contribution >= 0.6 is 0 Å². The second-order valence-corrected chi connectivity index (χ2v) is 5.52. The maximum Gasteiger partial charge on any atom is 0.204 e. The van der Waals surface area contributed by atoms with E-state index in [1.54, 1.807) is 0 Å².